The van der Waals surface area contributed by atoms with Crippen LogP contribution in [0.15, 0.2) is 0 Å². The van der Waals surface area contributed by atoms with Crippen LogP contribution in [0.25, 0.3) is 0 Å². The monoisotopic (exact) mass is 184 g/mol. The summed E-state index contributed by atoms with van der Waals surface area (Å²) in [5.41, 5.74) is 0. The van der Waals surface area contributed by atoms with Crippen molar-refractivity contribution in [2.75, 3.05) is 19.6 Å². The highest BCUT2D eigenvalue weighted by Crippen LogP contribution is 2.03. The molecule has 0 aliphatic heterocycles. The van der Waals surface area contributed by atoms with Crippen LogP contribution in [-0.4, -0.2) is 19.6 Å². The van der Waals surface area contributed by atoms with Gasteiger partial charge < -0.3 is 4.74 Å². The number of hydrogen-bond acceptors (Lipinski definition) is 1. The van der Waals surface area contributed by atoms with E-state index in [2.05, 4.69) is 6.92 Å². The molecule has 0 aliphatic carbocycles. The molecule has 0 bridgehead atoms. The van der Waals surface area contributed by atoms with E-state index in [-0.39, 0.29) is 22.3 Å². The minimum absolute atomic E-state index is 0. The molecule has 0 saturated carbocycles. The molecular weight excluding hydrogens is 160 g/mol. The first-order valence-corrected chi connectivity index (χ1v) is 3.43. The van der Waals surface area contributed by atoms with E-state index in [0.29, 0.717) is 11.8 Å². The summed E-state index contributed by atoms with van der Waals surface area (Å²) in [6.07, 6.45) is 1.11. The first-order chi connectivity index (χ1) is 3.85. The summed E-state index contributed by atoms with van der Waals surface area (Å²) < 4.78 is 4.90. The van der Waals surface area contributed by atoms with Gasteiger partial charge in [0.15, 0.2) is 0 Å². The fourth-order valence-corrected chi connectivity index (χ4v) is 0.815. The SMILES string of the molecule is C.C.C.CCC(CCl)COC. The van der Waals surface area contributed by atoms with Gasteiger partial charge in [-0.25, -0.2) is 0 Å². The molecule has 0 radical (unpaired) electrons. The Balaban J connectivity index is -0.0000000817. The van der Waals surface area contributed by atoms with Gasteiger partial charge in [0.25, 0.3) is 0 Å². The van der Waals surface area contributed by atoms with Crippen molar-refractivity contribution < 1.29 is 4.74 Å². The van der Waals surface area contributed by atoms with Crippen LogP contribution >= 0.6 is 11.6 Å². The van der Waals surface area contributed by atoms with Gasteiger partial charge in [0, 0.05) is 13.0 Å². The molecule has 0 N–H and O–H groups in total. The van der Waals surface area contributed by atoms with Crippen molar-refractivity contribution in [2.24, 2.45) is 5.92 Å². The van der Waals surface area contributed by atoms with Crippen molar-refractivity contribution in [3.63, 3.8) is 0 Å². The number of hydrogen-bond donors (Lipinski definition) is 0. The molecule has 0 aromatic carbocycles. The lowest BCUT2D eigenvalue weighted by Gasteiger charge is -2.07. The van der Waals surface area contributed by atoms with Gasteiger partial charge in [-0.1, -0.05) is 29.2 Å². The van der Waals surface area contributed by atoms with E-state index < -0.39 is 0 Å². The Morgan fingerprint density at radius 2 is 1.73 bits per heavy atom. The second-order valence-corrected chi connectivity index (χ2v) is 2.19. The van der Waals surface area contributed by atoms with Crippen LogP contribution in [0.1, 0.15) is 35.6 Å². The number of ether oxygens (including phenoxy) is 1. The van der Waals surface area contributed by atoms with Crippen molar-refractivity contribution in [2.45, 2.75) is 35.6 Å². The molecule has 1 nitrogen and oxygen atoms in total. The highest BCUT2D eigenvalue weighted by molar-refractivity contribution is 6.18. The zero-order chi connectivity index (χ0) is 6.41. The average molecular weight is 185 g/mol. The molecule has 0 aromatic rings. The predicted octanol–water partition coefficient (Wildman–Crippen LogP) is 3.81. The molecule has 1 unspecified atom stereocenters. The molecule has 0 rings (SSSR count). The average Bonchev–Trinajstić information content (AvgIpc) is 1.83. The van der Waals surface area contributed by atoms with E-state index >= 15 is 0 Å². The van der Waals surface area contributed by atoms with Crippen LogP contribution in [0.2, 0.25) is 0 Å². The van der Waals surface area contributed by atoms with Gasteiger partial charge in [-0.15, -0.1) is 11.6 Å². The zero-order valence-corrected chi connectivity index (χ0v) is 6.24. The number of rotatable bonds is 4. The number of halogens is 1. The fourth-order valence-electron chi connectivity index (χ4n) is 0.507. The van der Waals surface area contributed by atoms with E-state index in [0.717, 1.165) is 13.0 Å². The summed E-state index contributed by atoms with van der Waals surface area (Å²) in [5, 5.41) is 0. The Kier molecular flexibility index (Phi) is 34.1. The Bertz CT molecular complexity index is 44.8. The summed E-state index contributed by atoms with van der Waals surface area (Å²) in [6.45, 7) is 2.91. The molecule has 11 heavy (non-hydrogen) atoms. The maximum absolute atomic E-state index is 5.57. The third-order valence-electron chi connectivity index (χ3n) is 1.20. The summed E-state index contributed by atoms with van der Waals surface area (Å²) >= 11 is 5.57. The van der Waals surface area contributed by atoms with Gasteiger partial charge in [-0.05, 0) is 12.3 Å². The first kappa shape index (κ1) is 22.5. The van der Waals surface area contributed by atoms with Crippen LogP contribution in [0.4, 0.5) is 0 Å². The maximum atomic E-state index is 5.57. The van der Waals surface area contributed by atoms with Crippen molar-refractivity contribution >= 4 is 11.6 Å². The molecule has 0 amide bonds. The zero-order valence-electron chi connectivity index (χ0n) is 5.48. The molecule has 0 heterocycles. The minimum atomic E-state index is 0. The standard InChI is InChI=1S/C6H13ClO.3CH4/c1-3-6(4-7)5-8-2;;;/h6H,3-5H2,1-2H3;3*1H4. The molecular formula is C9H25ClO. The lowest BCUT2D eigenvalue weighted by molar-refractivity contribution is 0.159. The molecule has 74 valence electrons. The van der Waals surface area contributed by atoms with Gasteiger partial charge in [-0.3, -0.25) is 0 Å². The maximum Gasteiger partial charge on any atom is 0.0501 e. The van der Waals surface area contributed by atoms with E-state index in [1.807, 2.05) is 0 Å². The van der Waals surface area contributed by atoms with Crippen LogP contribution in [0.5, 0.6) is 0 Å². The van der Waals surface area contributed by atoms with Gasteiger partial charge in [0.1, 0.15) is 0 Å². The van der Waals surface area contributed by atoms with Crippen LogP contribution < -0.4 is 0 Å². The molecule has 0 spiro atoms. The van der Waals surface area contributed by atoms with Crippen LogP contribution in [0, 0.1) is 5.92 Å². The number of methoxy groups -OCH3 is 1. The van der Waals surface area contributed by atoms with Gasteiger partial charge >= 0.3 is 0 Å². The van der Waals surface area contributed by atoms with E-state index in [9.17, 15) is 0 Å². The second-order valence-electron chi connectivity index (χ2n) is 1.88. The Hall–Kier alpha value is 0.250. The lowest BCUT2D eigenvalue weighted by atomic mass is 10.1. The predicted molar refractivity (Wildman–Crippen MR) is 56.6 cm³/mol. The van der Waals surface area contributed by atoms with Crippen LogP contribution in [-0.2, 0) is 4.74 Å². The topological polar surface area (TPSA) is 9.23 Å². The lowest BCUT2D eigenvalue weighted by Crippen LogP contribution is -2.07. The highest BCUT2D eigenvalue weighted by atomic mass is 35.5. The molecule has 0 fully saturated rings. The van der Waals surface area contributed by atoms with E-state index in [4.69, 9.17) is 16.3 Å². The smallest absolute Gasteiger partial charge is 0.0501 e. The van der Waals surface area contributed by atoms with E-state index in [1.165, 1.54) is 0 Å². The summed E-state index contributed by atoms with van der Waals surface area (Å²) in [6, 6.07) is 0. The van der Waals surface area contributed by atoms with Crippen molar-refractivity contribution in [3.8, 4) is 0 Å². The van der Waals surface area contributed by atoms with Gasteiger partial charge in [0.05, 0.1) is 6.61 Å². The first-order valence-electron chi connectivity index (χ1n) is 2.90. The largest absolute Gasteiger partial charge is 0.384 e. The Labute approximate surface area is 78.1 Å². The highest BCUT2D eigenvalue weighted by Gasteiger charge is 2.01. The normalized spacial score (nSPS) is 10.1. The van der Waals surface area contributed by atoms with Crippen LogP contribution in [0.3, 0.4) is 0 Å². The van der Waals surface area contributed by atoms with E-state index in [1.54, 1.807) is 7.11 Å². The number of alkyl halides is 1. The van der Waals surface area contributed by atoms with Crippen molar-refractivity contribution in [1.29, 1.82) is 0 Å². The molecule has 0 saturated heterocycles. The van der Waals surface area contributed by atoms with Gasteiger partial charge in [0.2, 0.25) is 0 Å². The summed E-state index contributed by atoms with van der Waals surface area (Å²) in [5.74, 6) is 1.26. The quantitative estimate of drug-likeness (QED) is 0.604. The van der Waals surface area contributed by atoms with Crippen molar-refractivity contribution in [3.05, 3.63) is 0 Å². The Morgan fingerprint density at radius 3 is 1.82 bits per heavy atom. The van der Waals surface area contributed by atoms with Crippen molar-refractivity contribution in [1.82, 2.24) is 0 Å². The molecule has 0 aliphatic rings. The summed E-state index contributed by atoms with van der Waals surface area (Å²) in [7, 11) is 1.70. The molecule has 1 atom stereocenters. The third-order valence-corrected chi connectivity index (χ3v) is 1.63. The third kappa shape index (κ3) is 13.3. The molecule has 0 aromatic heterocycles. The Morgan fingerprint density at radius 1 is 1.27 bits per heavy atom. The second kappa shape index (κ2) is 16.7. The summed E-state index contributed by atoms with van der Waals surface area (Å²) in [4.78, 5) is 0. The fraction of sp³-hybridized carbons (Fsp3) is 1.00. The molecule has 2 heteroatoms. The minimum Gasteiger partial charge on any atom is -0.384 e. The van der Waals surface area contributed by atoms with Gasteiger partial charge in [-0.2, -0.15) is 0 Å².